The monoisotopic (exact) mass is 382 g/mol. The summed E-state index contributed by atoms with van der Waals surface area (Å²) in [7, 11) is 0. The molecule has 2 fully saturated rings. The van der Waals surface area contributed by atoms with Crippen LogP contribution >= 0.6 is 0 Å². The van der Waals surface area contributed by atoms with E-state index in [1.807, 2.05) is 6.08 Å². The second kappa shape index (κ2) is 7.44. The lowest BCUT2D eigenvalue weighted by molar-refractivity contribution is -0.116. The van der Waals surface area contributed by atoms with Crippen molar-refractivity contribution in [2.45, 2.75) is 92.4 Å². The zero-order chi connectivity index (χ0) is 20.1. The van der Waals surface area contributed by atoms with E-state index in [-0.39, 0.29) is 5.41 Å². The Kier molecular flexibility index (Phi) is 5.43. The van der Waals surface area contributed by atoms with Crippen LogP contribution in [0.3, 0.4) is 0 Å². The van der Waals surface area contributed by atoms with Crippen molar-refractivity contribution in [3.63, 3.8) is 0 Å². The molecule has 4 aliphatic carbocycles. The van der Waals surface area contributed by atoms with Gasteiger partial charge in [-0.15, -0.1) is 0 Å². The molecule has 7 atom stereocenters. The molecule has 1 nitrogen and oxygen atoms in total. The fourth-order valence-corrected chi connectivity index (χ4v) is 8.02. The normalized spacial score (nSPS) is 43.4. The Balaban J connectivity index is 1.53. The fourth-order valence-electron chi connectivity index (χ4n) is 8.02. The number of hydrogen-bond acceptors (Lipinski definition) is 1. The first-order chi connectivity index (χ1) is 13.3. The molecule has 0 N–H and O–H groups in total. The number of fused-ring (bicyclic) bond motifs is 5. The van der Waals surface area contributed by atoms with Crippen LogP contribution in [-0.4, -0.2) is 5.78 Å². The van der Waals surface area contributed by atoms with Crippen LogP contribution in [0.4, 0.5) is 0 Å². The van der Waals surface area contributed by atoms with Crippen LogP contribution in [0.1, 0.15) is 92.4 Å². The van der Waals surface area contributed by atoms with Gasteiger partial charge < -0.3 is 0 Å². The molecule has 1 heteroatoms. The van der Waals surface area contributed by atoms with Gasteiger partial charge in [0.1, 0.15) is 0 Å². The lowest BCUT2D eigenvalue weighted by atomic mass is 9.48. The average molecular weight is 383 g/mol. The first-order valence-corrected chi connectivity index (χ1v) is 12.2. The largest absolute Gasteiger partial charge is 0.295 e. The van der Waals surface area contributed by atoms with E-state index in [9.17, 15) is 4.79 Å². The molecule has 0 aromatic rings. The van der Waals surface area contributed by atoms with E-state index >= 15 is 0 Å². The van der Waals surface area contributed by atoms with E-state index in [2.05, 4.69) is 46.8 Å². The Hall–Kier alpha value is -0.850. The maximum atomic E-state index is 12.0. The minimum Gasteiger partial charge on any atom is -0.295 e. The number of rotatable bonds is 5. The number of carbonyl (C=O) groups is 1. The molecule has 4 rings (SSSR count). The van der Waals surface area contributed by atoms with Crippen molar-refractivity contribution in [1.29, 1.82) is 0 Å². The molecule has 0 bridgehead atoms. The lowest BCUT2D eigenvalue weighted by Gasteiger charge is -2.56. The van der Waals surface area contributed by atoms with Crippen LogP contribution in [0, 0.1) is 46.3 Å². The SMILES string of the molecule is CC(C)CCC[C@H](C)[C@@H]1CC[C@@H]2[C@@H]3C=CC4=CC(=O)CC[C@]4(C)[C@H]3CC[C@@]21C. The Morgan fingerprint density at radius 1 is 1.04 bits per heavy atom. The average Bonchev–Trinajstić information content (AvgIpc) is 2.99. The number of hydrogen-bond donors (Lipinski definition) is 0. The Morgan fingerprint density at radius 3 is 2.57 bits per heavy atom. The van der Waals surface area contributed by atoms with E-state index in [0.29, 0.717) is 11.2 Å². The van der Waals surface area contributed by atoms with Gasteiger partial charge in [0.2, 0.25) is 0 Å². The summed E-state index contributed by atoms with van der Waals surface area (Å²) in [5, 5.41) is 0. The maximum absolute atomic E-state index is 12.0. The minimum absolute atomic E-state index is 0.246. The third-order valence-electron chi connectivity index (χ3n) is 9.72. The van der Waals surface area contributed by atoms with E-state index < -0.39 is 0 Å². The first kappa shape index (κ1) is 20.4. The van der Waals surface area contributed by atoms with Crippen molar-refractivity contribution in [2.24, 2.45) is 46.3 Å². The maximum Gasteiger partial charge on any atom is 0.156 e. The van der Waals surface area contributed by atoms with Crippen molar-refractivity contribution in [2.75, 3.05) is 0 Å². The number of ketones is 1. The summed E-state index contributed by atoms with van der Waals surface area (Å²) in [5.41, 5.74) is 2.12. The second-order valence-electron chi connectivity index (χ2n) is 11.7. The topological polar surface area (TPSA) is 17.1 Å². The molecule has 4 aliphatic rings. The van der Waals surface area contributed by atoms with Crippen LogP contribution < -0.4 is 0 Å². The van der Waals surface area contributed by atoms with E-state index in [0.717, 1.165) is 48.3 Å². The van der Waals surface area contributed by atoms with Crippen molar-refractivity contribution >= 4 is 5.78 Å². The van der Waals surface area contributed by atoms with Crippen molar-refractivity contribution in [3.05, 3.63) is 23.8 Å². The van der Waals surface area contributed by atoms with Crippen LogP contribution in [0.2, 0.25) is 0 Å². The summed E-state index contributed by atoms with van der Waals surface area (Å²) in [5.74, 6) is 5.32. The molecular formula is C27H42O. The van der Waals surface area contributed by atoms with Crippen molar-refractivity contribution in [3.8, 4) is 0 Å². The van der Waals surface area contributed by atoms with Gasteiger partial charge in [0.25, 0.3) is 0 Å². The highest BCUT2D eigenvalue weighted by molar-refractivity contribution is 5.92. The van der Waals surface area contributed by atoms with Crippen molar-refractivity contribution < 1.29 is 4.79 Å². The van der Waals surface area contributed by atoms with E-state index in [4.69, 9.17) is 0 Å². The molecule has 0 saturated heterocycles. The van der Waals surface area contributed by atoms with Crippen LogP contribution in [-0.2, 0) is 4.79 Å². The summed E-state index contributed by atoms with van der Waals surface area (Å²) in [4.78, 5) is 12.0. The fraction of sp³-hybridized carbons (Fsp3) is 0.815. The Bertz CT molecular complexity index is 670. The minimum atomic E-state index is 0.246. The predicted molar refractivity (Wildman–Crippen MR) is 118 cm³/mol. The van der Waals surface area contributed by atoms with Crippen molar-refractivity contribution in [1.82, 2.24) is 0 Å². The third-order valence-corrected chi connectivity index (χ3v) is 9.72. The molecule has 2 saturated carbocycles. The zero-order valence-electron chi connectivity index (χ0n) is 19.0. The first-order valence-electron chi connectivity index (χ1n) is 12.2. The van der Waals surface area contributed by atoms with Crippen LogP contribution in [0.25, 0.3) is 0 Å². The highest BCUT2D eigenvalue weighted by Gasteiger charge is 2.58. The van der Waals surface area contributed by atoms with Gasteiger partial charge in [-0.3, -0.25) is 4.79 Å². The molecule has 0 aliphatic heterocycles. The summed E-state index contributed by atoms with van der Waals surface area (Å²) in [6.45, 7) is 12.4. The van der Waals surface area contributed by atoms with E-state index in [1.54, 1.807) is 0 Å². The van der Waals surface area contributed by atoms with Gasteiger partial charge in [-0.1, -0.05) is 66.0 Å². The molecule has 0 radical (unpaired) electrons. The second-order valence-corrected chi connectivity index (χ2v) is 11.7. The van der Waals surface area contributed by atoms with Gasteiger partial charge >= 0.3 is 0 Å². The molecule has 0 amide bonds. The highest BCUT2D eigenvalue weighted by atomic mass is 16.1. The van der Waals surface area contributed by atoms with Crippen LogP contribution in [0.5, 0.6) is 0 Å². The number of allylic oxidation sites excluding steroid dienone is 4. The predicted octanol–water partition coefficient (Wildman–Crippen LogP) is 7.37. The lowest BCUT2D eigenvalue weighted by Crippen LogP contribution is -2.49. The van der Waals surface area contributed by atoms with Gasteiger partial charge in [-0.25, -0.2) is 0 Å². The smallest absolute Gasteiger partial charge is 0.156 e. The molecule has 0 spiro atoms. The molecule has 0 aromatic heterocycles. The quantitative estimate of drug-likeness (QED) is 0.485. The van der Waals surface area contributed by atoms with Gasteiger partial charge in [0.15, 0.2) is 5.78 Å². The van der Waals surface area contributed by atoms with Crippen LogP contribution in [0.15, 0.2) is 23.8 Å². The summed E-state index contributed by atoms with van der Waals surface area (Å²) in [6.07, 6.45) is 18.5. The summed E-state index contributed by atoms with van der Waals surface area (Å²) < 4.78 is 0. The van der Waals surface area contributed by atoms with Gasteiger partial charge in [-0.05, 0) is 90.1 Å². The zero-order valence-corrected chi connectivity index (χ0v) is 19.0. The summed E-state index contributed by atoms with van der Waals surface area (Å²) in [6, 6.07) is 0. The van der Waals surface area contributed by atoms with Gasteiger partial charge in [0.05, 0.1) is 0 Å². The molecule has 28 heavy (non-hydrogen) atoms. The molecule has 0 aromatic carbocycles. The third kappa shape index (κ3) is 3.25. The van der Waals surface area contributed by atoms with Gasteiger partial charge in [0, 0.05) is 6.42 Å². The van der Waals surface area contributed by atoms with Gasteiger partial charge in [-0.2, -0.15) is 0 Å². The molecule has 156 valence electrons. The molecular weight excluding hydrogens is 340 g/mol. The van der Waals surface area contributed by atoms with E-state index in [1.165, 1.54) is 50.5 Å². The number of carbonyl (C=O) groups excluding carboxylic acids is 1. The Labute approximate surface area is 173 Å². The highest BCUT2D eigenvalue weighted by Crippen LogP contribution is 2.66. The standard InChI is InChI=1S/C27H42O/c1-18(2)7-6-8-19(3)23-11-12-24-22-10-9-20-17-21(28)13-15-26(20,4)25(22)14-16-27(23,24)5/h9-10,17-19,22-25H,6-8,11-16H2,1-5H3/t19-,22-,23-,24+,25-,26-,27+/m0/s1. The Morgan fingerprint density at radius 2 is 1.82 bits per heavy atom. The molecule has 0 unspecified atom stereocenters. The summed E-state index contributed by atoms with van der Waals surface area (Å²) >= 11 is 0. The molecule has 0 heterocycles.